The molecule has 2 aliphatic heterocycles. The smallest absolute Gasteiger partial charge is 0.264 e. The number of ether oxygens (including phenoxy) is 1. The predicted octanol–water partition coefficient (Wildman–Crippen LogP) is -0.444. The average molecular weight is 428 g/mol. The van der Waals surface area contributed by atoms with E-state index in [2.05, 4.69) is 15.4 Å². The van der Waals surface area contributed by atoms with E-state index in [4.69, 9.17) is 10.6 Å². The monoisotopic (exact) mass is 428 g/mol. The van der Waals surface area contributed by atoms with Crippen LogP contribution < -0.4 is 16.1 Å². The van der Waals surface area contributed by atoms with Gasteiger partial charge in [0.1, 0.15) is 6.04 Å². The van der Waals surface area contributed by atoms with Crippen LogP contribution in [0.25, 0.3) is 0 Å². The first-order valence-corrected chi connectivity index (χ1v) is 9.70. The molecule has 0 bridgehead atoms. The molecule has 164 valence electrons. The number of nitrogens with two attached hydrogens (primary N) is 1. The summed E-state index contributed by atoms with van der Waals surface area (Å²) in [5, 5.41) is 5.91. The summed E-state index contributed by atoms with van der Waals surface area (Å²) < 4.78 is 4.94. The number of hydrazone groups is 1. The maximum atomic E-state index is 13.2. The number of nitrogens with one attached hydrogen (secondary N) is 1. The number of aliphatic imine (C=N–C) groups is 1. The van der Waals surface area contributed by atoms with E-state index in [0.29, 0.717) is 24.6 Å². The van der Waals surface area contributed by atoms with Crippen molar-refractivity contribution in [2.24, 2.45) is 15.9 Å². The minimum absolute atomic E-state index is 0.0648. The second-order valence-electron chi connectivity index (χ2n) is 7.15. The molecule has 1 saturated heterocycles. The molecule has 1 aromatic carbocycles. The number of benzene rings is 1. The zero-order chi connectivity index (χ0) is 22.5. The number of rotatable bonds is 8. The molecule has 1 fully saturated rings. The molecule has 11 heteroatoms. The van der Waals surface area contributed by atoms with Crippen molar-refractivity contribution in [2.45, 2.75) is 18.9 Å². The molecule has 1 atom stereocenters. The van der Waals surface area contributed by atoms with Gasteiger partial charge in [-0.1, -0.05) is 6.07 Å². The van der Waals surface area contributed by atoms with Crippen LogP contribution in [0.5, 0.6) is 0 Å². The van der Waals surface area contributed by atoms with E-state index >= 15 is 0 Å². The number of nitrogens with zero attached hydrogens (tertiary/aromatic N) is 4. The van der Waals surface area contributed by atoms with Gasteiger partial charge in [0.05, 0.1) is 42.2 Å². The Morgan fingerprint density at radius 1 is 1.32 bits per heavy atom. The molecule has 2 aliphatic rings. The lowest BCUT2D eigenvalue weighted by Gasteiger charge is -2.28. The Labute approximate surface area is 178 Å². The summed E-state index contributed by atoms with van der Waals surface area (Å²) in [4.78, 5) is 56.6. The number of amides is 4. The summed E-state index contributed by atoms with van der Waals surface area (Å²) in [5.41, 5.74) is 1.37. The molecule has 1 aromatic rings. The molecular formula is C20H24N6O5. The van der Waals surface area contributed by atoms with E-state index in [1.54, 1.807) is 37.3 Å². The highest BCUT2D eigenvalue weighted by Gasteiger charge is 2.45. The van der Waals surface area contributed by atoms with Crippen LogP contribution in [0.15, 0.2) is 28.3 Å². The Morgan fingerprint density at radius 2 is 2.10 bits per heavy atom. The highest BCUT2D eigenvalue weighted by atomic mass is 16.5. The minimum Gasteiger partial charge on any atom is -0.383 e. The van der Waals surface area contributed by atoms with Crippen LogP contribution in [0.1, 0.15) is 33.6 Å². The van der Waals surface area contributed by atoms with Crippen molar-refractivity contribution in [3.63, 3.8) is 0 Å². The van der Waals surface area contributed by atoms with Crippen LogP contribution >= 0.6 is 0 Å². The molecule has 1 unspecified atom stereocenters. The summed E-state index contributed by atoms with van der Waals surface area (Å²) >= 11 is 0. The van der Waals surface area contributed by atoms with Gasteiger partial charge in [0.25, 0.3) is 11.8 Å². The number of hydrogen-bond donors (Lipinski definition) is 2. The molecule has 11 nitrogen and oxygen atoms in total. The molecule has 4 amide bonds. The summed E-state index contributed by atoms with van der Waals surface area (Å²) in [5.74, 6) is 3.27. The maximum Gasteiger partial charge on any atom is 0.264 e. The number of imide groups is 2. The van der Waals surface area contributed by atoms with Crippen molar-refractivity contribution >= 4 is 41.2 Å². The Balaban J connectivity index is 1.84. The molecule has 3 N–H and O–H groups in total. The zero-order valence-corrected chi connectivity index (χ0v) is 17.3. The molecule has 3 rings (SSSR count). The van der Waals surface area contributed by atoms with E-state index in [-0.39, 0.29) is 30.5 Å². The highest BCUT2D eigenvalue weighted by Crippen LogP contribution is 2.33. The van der Waals surface area contributed by atoms with Gasteiger partial charge in [-0.05, 0) is 18.6 Å². The number of hydrogen-bond acceptors (Lipinski definition) is 9. The summed E-state index contributed by atoms with van der Waals surface area (Å²) in [7, 11) is 3.31. The summed E-state index contributed by atoms with van der Waals surface area (Å²) in [6.07, 6.45) is 1.69. The van der Waals surface area contributed by atoms with Gasteiger partial charge in [-0.25, -0.2) is 0 Å². The van der Waals surface area contributed by atoms with Crippen LogP contribution in [0.2, 0.25) is 0 Å². The lowest BCUT2D eigenvalue weighted by atomic mass is 10.0. The SMILES string of the molecule is COCCN=C/C(CN(C)c1cccc2c1C(=O)N(C1CCC(=O)NC1=O)C2=O)=N\N. The van der Waals surface area contributed by atoms with Crippen LogP contribution in [-0.2, 0) is 14.3 Å². The third kappa shape index (κ3) is 4.45. The third-order valence-corrected chi connectivity index (χ3v) is 5.09. The fraction of sp³-hybridized carbons (Fsp3) is 0.400. The largest absolute Gasteiger partial charge is 0.383 e. The number of carbonyl (C=O) groups excluding carboxylic acids is 4. The standard InChI is InChI=1S/C20H24N6O5/c1-25(11-12(24-21)10-22-8-9-31-2)14-5-3-4-13-17(14)20(30)26(19(13)29)15-6-7-16(27)23-18(15)28/h3-5,10,15H,6-9,11,21H2,1-2H3,(H,23,27,28)/b22-10?,24-12+. The van der Waals surface area contributed by atoms with Crippen molar-refractivity contribution in [3.8, 4) is 0 Å². The normalized spacial score (nSPS) is 19.2. The first-order chi connectivity index (χ1) is 14.9. The topological polar surface area (TPSA) is 147 Å². The molecule has 0 radical (unpaired) electrons. The summed E-state index contributed by atoms with van der Waals surface area (Å²) in [6.45, 7) is 1.15. The maximum absolute atomic E-state index is 13.2. The Morgan fingerprint density at radius 3 is 2.77 bits per heavy atom. The molecule has 2 heterocycles. The van der Waals surface area contributed by atoms with Crippen LogP contribution in [0, 0.1) is 0 Å². The molecule has 0 aromatic heterocycles. The molecule has 0 aliphatic carbocycles. The molecule has 0 spiro atoms. The van der Waals surface area contributed by atoms with E-state index in [1.165, 1.54) is 6.21 Å². The Hall–Kier alpha value is -3.60. The van der Waals surface area contributed by atoms with Crippen molar-refractivity contribution in [1.29, 1.82) is 0 Å². The van der Waals surface area contributed by atoms with Crippen molar-refractivity contribution in [3.05, 3.63) is 29.3 Å². The predicted molar refractivity (Wildman–Crippen MR) is 113 cm³/mol. The van der Waals surface area contributed by atoms with Crippen LogP contribution in [-0.4, -0.2) is 80.4 Å². The molecular weight excluding hydrogens is 404 g/mol. The van der Waals surface area contributed by atoms with Crippen LogP contribution in [0.3, 0.4) is 0 Å². The van der Waals surface area contributed by atoms with Gasteiger partial charge in [-0.3, -0.25) is 34.4 Å². The first-order valence-electron chi connectivity index (χ1n) is 9.70. The lowest BCUT2D eigenvalue weighted by molar-refractivity contribution is -0.136. The van der Waals surface area contributed by atoms with Gasteiger partial charge in [0.15, 0.2) is 0 Å². The highest BCUT2D eigenvalue weighted by molar-refractivity contribution is 6.32. The van der Waals surface area contributed by atoms with E-state index in [1.807, 2.05) is 0 Å². The Bertz CT molecular complexity index is 973. The fourth-order valence-corrected chi connectivity index (χ4v) is 3.57. The minimum atomic E-state index is -1.02. The second kappa shape index (κ2) is 9.47. The molecule has 31 heavy (non-hydrogen) atoms. The van der Waals surface area contributed by atoms with E-state index in [9.17, 15) is 19.2 Å². The van der Waals surface area contributed by atoms with Gasteiger partial charge < -0.3 is 15.5 Å². The summed E-state index contributed by atoms with van der Waals surface area (Å²) in [6, 6.07) is 3.89. The quantitative estimate of drug-likeness (QED) is 0.187. The van der Waals surface area contributed by atoms with Gasteiger partial charge in [0, 0.05) is 26.8 Å². The van der Waals surface area contributed by atoms with Gasteiger partial charge in [-0.2, -0.15) is 5.10 Å². The van der Waals surface area contributed by atoms with Crippen molar-refractivity contribution < 1.29 is 23.9 Å². The lowest BCUT2D eigenvalue weighted by Crippen LogP contribution is -2.54. The number of fused-ring (bicyclic) bond motifs is 1. The van der Waals surface area contributed by atoms with Gasteiger partial charge in [0.2, 0.25) is 11.8 Å². The third-order valence-electron chi connectivity index (χ3n) is 5.09. The van der Waals surface area contributed by atoms with Crippen LogP contribution in [0.4, 0.5) is 5.69 Å². The number of anilines is 1. The van der Waals surface area contributed by atoms with Crippen molar-refractivity contribution in [2.75, 3.05) is 38.8 Å². The second-order valence-corrected chi connectivity index (χ2v) is 7.15. The fourth-order valence-electron chi connectivity index (χ4n) is 3.57. The number of methoxy groups -OCH3 is 1. The number of piperidine rings is 1. The van der Waals surface area contributed by atoms with Gasteiger partial charge in [-0.15, -0.1) is 0 Å². The average Bonchev–Trinajstić information content (AvgIpc) is 3.01. The number of carbonyl (C=O) groups is 4. The van der Waals surface area contributed by atoms with E-state index < -0.39 is 29.7 Å². The Kier molecular flexibility index (Phi) is 6.75. The first kappa shape index (κ1) is 22.1. The molecule has 0 saturated carbocycles. The van der Waals surface area contributed by atoms with Gasteiger partial charge >= 0.3 is 0 Å². The van der Waals surface area contributed by atoms with Crippen molar-refractivity contribution in [1.82, 2.24) is 10.2 Å². The zero-order valence-electron chi connectivity index (χ0n) is 17.3. The van der Waals surface area contributed by atoms with E-state index in [0.717, 1.165) is 4.90 Å².